The van der Waals surface area contributed by atoms with E-state index in [0.29, 0.717) is 5.92 Å². The second kappa shape index (κ2) is 5.64. The molecule has 0 unspecified atom stereocenters. The average Bonchev–Trinajstić information content (AvgIpc) is 2.66. The highest BCUT2D eigenvalue weighted by atomic mass is 28.3. The first-order valence-corrected chi connectivity index (χ1v) is 9.60. The Morgan fingerprint density at radius 2 is 1.28 bits per heavy atom. The lowest BCUT2D eigenvalue weighted by molar-refractivity contribution is 0.762. The van der Waals surface area contributed by atoms with E-state index in [4.69, 9.17) is 0 Å². The van der Waals surface area contributed by atoms with E-state index >= 15 is 0 Å². The van der Waals surface area contributed by atoms with Gasteiger partial charge in [-0.3, -0.25) is 0 Å². The van der Waals surface area contributed by atoms with Crippen LogP contribution in [0, 0.1) is 0 Å². The van der Waals surface area contributed by atoms with Crippen LogP contribution in [-0.4, -0.2) is 12.5 Å². The third-order valence-electron chi connectivity index (χ3n) is 4.60. The predicted molar refractivity (Wildman–Crippen MR) is 85.0 cm³/mol. The largest absolute Gasteiger partial charge is 0.379 e. The summed E-state index contributed by atoms with van der Waals surface area (Å²) in [4.78, 5) is 0. The molecule has 1 aromatic rings. The van der Waals surface area contributed by atoms with E-state index in [0.717, 1.165) is 16.6 Å². The van der Waals surface area contributed by atoms with Crippen LogP contribution >= 0.6 is 0 Å². The minimum Gasteiger partial charge on any atom is -0.379 e. The summed E-state index contributed by atoms with van der Waals surface area (Å²) in [6, 6.07) is 2.32. The van der Waals surface area contributed by atoms with Crippen molar-refractivity contribution in [1.29, 1.82) is 0 Å². The topological polar surface area (TPSA) is 4.93 Å². The molecule has 1 nitrogen and oxygen atoms in total. The van der Waals surface area contributed by atoms with Gasteiger partial charge < -0.3 is 4.23 Å². The Hall–Kier alpha value is -0.503. The van der Waals surface area contributed by atoms with E-state index in [1.54, 1.807) is 0 Å². The van der Waals surface area contributed by atoms with E-state index in [9.17, 15) is 0 Å². The van der Waals surface area contributed by atoms with Gasteiger partial charge in [0.15, 0.2) is 8.24 Å². The number of rotatable bonds is 5. The predicted octanol–water partition coefficient (Wildman–Crippen LogP) is 5.64. The van der Waals surface area contributed by atoms with E-state index in [1.807, 2.05) is 0 Å². The Morgan fingerprint density at radius 1 is 0.833 bits per heavy atom. The van der Waals surface area contributed by atoms with E-state index < -0.39 is 8.24 Å². The van der Waals surface area contributed by atoms with Crippen molar-refractivity contribution in [1.82, 2.24) is 4.23 Å². The molecular weight excluding hydrogens is 234 g/mol. The smallest absolute Gasteiger partial charge is 0.168 e. The highest BCUT2D eigenvalue weighted by Gasteiger charge is 2.44. The van der Waals surface area contributed by atoms with Gasteiger partial charge in [0.05, 0.1) is 0 Å². The number of aromatic nitrogens is 1. The van der Waals surface area contributed by atoms with Gasteiger partial charge in [-0.05, 0) is 46.6 Å². The van der Waals surface area contributed by atoms with Crippen LogP contribution in [0.5, 0.6) is 0 Å². The average molecular weight is 266 g/mol. The van der Waals surface area contributed by atoms with Gasteiger partial charge in [-0.2, -0.15) is 0 Å². The van der Waals surface area contributed by atoms with Crippen molar-refractivity contribution in [3.8, 4) is 0 Å². The first-order valence-electron chi connectivity index (χ1n) is 7.42. The maximum Gasteiger partial charge on any atom is 0.168 e. The molecule has 1 aromatic heterocycles. The van der Waals surface area contributed by atoms with Crippen molar-refractivity contribution in [2.75, 3.05) is 0 Å². The van der Waals surface area contributed by atoms with E-state index in [1.165, 1.54) is 5.56 Å². The highest BCUT2D eigenvalue weighted by molar-refractivity contribution is 6.82. The van der Waals surface area contributed by atoms with Gasteiger partial charge in [0.25, 0.3) is 0 Å². The maximum absolute atomic E-state index is 2.63. The first-order chi connectivity index (χ1) is 8.24. The minimum absolute atomic E-state index is 0.629. The summed E-state index contributed by atoms with van der Waals surface area (Å²) >= 11 is 0. The molecule has 1 heterocycles. The third-order valence-corrected chi connectivity index (χ3v) is 11.3. The Bertz CT molecular complexity index is 352. The highest BCUT2D eigenvalue weighted by Crippen LogP contribution is 2.42. The molecule has 0 spiro atoms. The Labute approximate surface area is 115 Å². The van der Waals surface area contributed by atoms with Crippen LogP contribution < -0.4 is 0 Å². The fraction of sp³-hybridized carbons (Fsp3) is 0.750. The zero-order valence-electron chi connectivity index (χ0n) is 13.5. The van der Waals surface area contributed by atoms with Gasteiger partial charge in [-0.1, -0.05) is 55.4 Å². The zero-order valence-corrected chi connectivity index (χ0v) is 14.5. The molecule has 0 aromatic carbocycles. The molecule has 0 saturated carbocycles. The molecule has 18 heavy (non-hydrogen) atoms. The van der Waals surface area contributed by atoms with Gasteiger partial charge in [0, 0.05) is 0 Å². The first kappa shape index (κ1) is 15.6. The normalized spacial score (nSPS) is 13.3. The summed E-state index contributed by atoms with van der Waals surface area (Å²) in [7, 11) is -1.51. The summed E-state index contributed by atoms with van der Waals surface area (Å²) in [6.07, 6.45) is 4.78. The summed E-state index contributed by atoms with van der Waals surface area (Å²) in [6.45, 7) is 19.1. The molecule has 0 fully saturated rings. The van der Waals surface area contributed by atoms with Crippen molar-refractivity contribution in [2.45, 2.75) is 77.9 Å². The second-order valence-electron chi connectivity index (χ2n) is 6.86. The van der Waals surface area contributed by atoms with Crippen molar-refractivity contribution >= 4 is 8.24 Å². The zero-order chi connectivity index (χ0) is 14.1. The monoisotopic (exact) mass is 265 g/mol. The number of hydrogen-bond donors (Lipinski definition) is 0. The second-order valence-corrected chi connectivity index (χ2v) is 12.6. The van der Waals surface area contributed by atoms with Crippen molar-refractivity contribution in [3.05, 3.63) is 24.0 Å². The van der Waals surface area contributed by atoms with Crippen molar-refractivity contribution in [3.63, 3.8) is 0 Å². The van der Waals surface area contributed by atoms with Crippen LogP contribution in [0.2, 0.25) is 16.6 Å². The van der Waals surface area contributed by atoms with Crippen LogP contribution in [0.1, 0.15) is 66.9 Å². The van der Waals surface area contributed by atoms with Crippen molar-refractivity contribution < 1.29 is 0 Å². The van der Waals surface area contributed by atoms with E-state index in [-0.39, 0.29) is 0 Å². The van der Waals surface area contributed by atoms with Crippen molar-refractivity contribution in [2.24, 2.45) is 0 Å². The molecule has 1 rings (SSSR count). The lowest BCUT2D eigenvalue weighted by Crippen LogP contribution is -2.51. The van der Waals surface area contributed by atoms with Gasteiger partial charge >= 0.3 is 0 Å². The molecule has 0 bridgehead atoms. The van der Waals surface area contributed by atoms with Crippen LogP contribution in [-0.2, 0) is 0 Å². The van der Waals surface area contributed by atoms with Crippen LogP contribution in [0.25, 0.3) is 0 Å². The molecule has 0 atom stereocenters. The molecule has 0 amide bonds. The molecule has 104 valence electrons. The van der Waals surface area contributed by atoms with Gasteiger partial charge in [-0.25, -0.2) is 0 Å². The number of hydrogen-bond acceptors (Lipinski definition) is 0. The summed E-state index contributed by atoms with van der Waals surface area (Å²) < 4.78 is 2.63. The fourth-order valence-electron chi connectivity index (χ4n) is 3.89. The fourth-order valence-corrected chi connectivity index (χ4v) is 10.4. The quantitative estimate of drug-likeness (QED) is 0.608. The molecule has 0 N–H and O–H groups in total. The lowest BCUT2D eigenvalue weighted by Gasteiger charge is -2.44. The SMILES string of the molecule is CC(C)c1ccn([Si](C(C)C)(C(C)C)C(C)C)c1. The molecule has 0 saturated heterocycles. The lowest BCUT2D eigenvalue weighted by atomic mass is 10.1. The molecule has 0 aliphatic rings. The summed E-state index contributed by atoms with van der Waals surface area (Å²) in [5, 5.41) is 0. The third kappa shape index (κ3) is 2.45. The number of nitrogens with zero attached hydrogens (tertiary/aromatic N) is 1. The van der Waals surface area contributed by atoms with Crippen LogP contribution in [0.4, 0.5) is 0 Å². The van der Waals surface area contributed by atoms with Gasteiger partial charge in [0.1, 0.15) is 0 Å². The molecule has 0 aliphatic carbocycles. The van der Waals surface area contributed by atoms with Crippen LogP contribution in [0.3, 0.4) is 0 Å². The summed E-state index contributed by atoms with van der Waals surface area (Å²) in [5.41, 5.74) is 3.79. The van der Waals surface area contributed by atoms with Crippen LogP contribution in [0.15, 0.2) is 18.5 Å². The molecule has 0 aliphatic heterocycles. The Balaban J connectivity index is 3.33. The minimum atomic E-state index is -1.51. The van der Waals surface area contributed by atoms with E-state index in [2.05, 4.69) is 78.1 Å². The van der Waals surface area contributed by atoms with Gasteiger partial charge in [0.2, 0.25) is 0 Å². The molecule has 0 radical (unpaired) electrons. The molecular formula is C16H31NSi. The Kier molecular flexibility index (Phi) is 4.88. The maximum atomic E-state index is 2.63. The summed E-state index contributed by atoms with van der Waals surface area (Å²) in [5.74, 6) is 0.629. The van der Waals surface area contributed by atoms with Gasteiger partial charge in [-0.15, -0.1) is 0 Å². The molecule has 2 heteroatoms. The standard InChI is InChI=1S/C16H31NSi/c1-12(2)16-9-10-17(11-16)18(13(3)4,14(5)6)15(7)8/h9-15H,1-8H3. The Morgan fingerprint density at radius 3 is 1.56 bits per heavy atom.